The lowest BCUT2D eigenvalue weighted by atomic mass is 9.96. The molecule has 0 heterocycles. The Morgan fingerprint density at radius 2 is 1.88 bits per heavy atom. The van der Waals surface area contributed by atoms with Crippen LogP contribution in [-0.2, 0) is 0 Å². The van der Waals surface area contributed by atoms with Crippen LogP contribution < -0.4 is 5.73 Å². The third-order valence-electron chi connectivity index (χ3n) is 2.75. The molecule has 0 saturated carbocycles. The summed E-state index contributed by atoms with van der Waals surface area (Å²) in [6, 6.07) is 3.37. The van der Waals surface area contributed by atoms with Gasteiger partial charge < -0.3 is 10.8 Å². The standard InChI is InChI=1S/C13H20ClNO.ClH/c1-8(2)4-5-12(15)11-7-10(14)6-9(3)13(11)16;/h6-8,12,16H,4-5,15H2,1-3H3;1H/t12-;/m1./s1. The minimum Gasteiger partial charge on any atom is -0.507 e. The van der Waals surface area contributed by atoms with Gasteiger partial charge in [-0.3, -0.25) is 0 Å². The van der Waals surface area contributed by atoms with Crippen molar-refractivity contribution in [3.8, 4) is 5.75 Å². The molecule has 3 N–H and O–H groups in total. The molecule has 0 amide bonds. The van der Waals surface area contributed by atoms with Crippen molar-refractivity contribution in [3.63, 3.8) is 0 Å². The van der Waals surface area contributed by atoms with Gasteiger partial charge in [0.15, 0.2) is 0 Å². The van der Waals surface area contributed by atoms with Gasteiger partial charge in [0.25, 0.3) is 0 Å². The fraction of sp³-hybridized carbons (Fsp3) is 0.538. The number of phenolic OH excluding ortho intramolecular Hbond substituents is 1. The van der Waals surface area contributed by atoms with E-state index in [-0.39, 0.29) is 24.2 Å². The SMILES string of the molecule is Cc1cc(Cl)cc([C@H](N)CCC(C)C)c1O.Cl. The Labute approximate surface area is 115 Å². The van der Waals surface area contributed by atoms with Crippen LogP contribution in [0.2, 0.25) is 5.02 Å². The van der Waals surface area contributed by atoms with E-state index in [1.807, 2.05) is 6.92 Å². The molecule has 1 aromatic carbocycles. The maximum atomic E-state index is 9.92. The molecule has 1 rings (SSSR count). The summed E-state index contributed by atoms with van der Waals surface area (Å²) >= 11 is 5.96. The van der Waals surface area contributed by atoms with Gasteiger partial charge in [0.1, 0.15) is 5.75 Å². The molecule has 0 spiro atoms. The second-order valence-corrected chi connectivity index (χ2v) is 5.17. The van der Waals surface area contributed by atoms with Gasteiger partial charge in [-0.1, -0.05) is 25.4 Å². The molecule has 1 atom stereocenters. The first-order valence-electron chi connectivity index (χ1n) is 5.66. The summed E-state index contributed by atoms with van der Waals surface area (Å²) in [6.07, 6.45) is 1.91. The molecule has 0 aliphatic rings. The Balaban J connectivity index is 0.00000256. The fourth-order valence-corrected chi connectivity index (χ4v) is 1.99. The van der Waals surface area contributed by atoms with Gasteiger partial charge in [-0.05, 0) is 43.4 Å². The van der Waals surface area contributed by atoms with E-state index in [0.717, 1.165) is 24.0 Å². The molecule has 0 bridgehead atoms. The van der Waals surface area contributed by atoms with Crippen LogP contribution in [0.25, 0.3) is 0 Å². The Bertz CT molecular complexity index is 367. The molecular formula is C13H21Cl2NO. The molecule has 17 heavy (non-hydrogen) atoms. The second kappa shape index (κ2) is 7.10. The highest BCUT2D eigenvalue weighted by Gasteiger charge is 2.14. The third kappa shape index (κ3) is 4.74. The van der Waals surface area contributed by atoms with Crippen LogP contribution in [0, 0.1) is 12.8 Å². The zero-order chi connectivity index (χ0) is 12.3. The first kappa shape index (κ1) is 16.6. The van der Waals surface area contributed by atoms with E-state index in [0.29, 0.717) is 10.9 Å². The molecule has 2 nitrogen and oxygen atoms in total. The number of halogens is 2. The van der Waals surface area contributed by atoms with E-state index >= 15 is 0 Å². The summed E-state index contributed by atoms with van der Waals surface area (Å²) in [4.78, 5) is 0. The molecule has 0 aromatic heterocycles. The lowest BCUT2D eigenvalue weighted by Crippen LogP contribution is -2.11. The lowest BCUT2D eigenvalue weighted by Gasteiger charge is -2.16. The van der Waals surface area contributed by atoms with E-state index in [2.05, 4.69) is 13.8 Å². The fourth-order valence-electron chi connectivity index (χ4n) is 1.71. The van der Waals surface area contributed by atoms with Crippen LogP contribution in [-0.4, -0.2) is 5.11 Å². The number of nitrogens with two attached hydrogens (primary N) is 1. The third-order valence-corrected chi connectivity index (χ3v) is 2.97. The van der Waals surface area contributed by atoms with Gasteiger partial charge >= 0.3 is 0 Å². The summed E-state index contributed by atoms with van der Waals surface area (Å²) in [5.41, 5.74) is 7.60. The highest BCUT2D eigenvalue weighted by Crippen LogP contribution is 2.32. The van der Waals surface area contributed by atoms with E-state index in [4.69, 9.17) is 17.3 Å². The topological polar surface area (TPSA) is 46.2 Å². The van der Waals surface area contributed by atoms with Crippen LogP contribution >= 0.6 is 24.0 Å². The van der Waals surface area contributed by atoms with Crippen LogP contribution in [0.4, 0.5) is 0 Å². The van der Waals surface area contributed by atoms with E-state index < -0.39 is 0 Å². The van der Waals surface area contributed by atoms with Gasteiger partial charge in [-0.2, -0.15) is 0 Å². The average Bonchev–Trinajstić information content (AvgIpc) is 2.19. The first-order chi connectivity index (χ1) is 7.41. The maximum absolute atomic E-state index is 9.92. The van der Waals surface area contributed by atoms with Crippen molar-refractivity contribution in [1.82, 2.24) is 0 Å². The highest BCUT2D eigenvalue weighted by atomic mass is 35.5. The van der Waals surface area contributed by atoms with Gasteiger partial charge in [0, 0.05) is 16.6 Å². The summed E-state index contributed by atoms with van der Waals surface area (Å²) in [5.74, 6) is 0.897. The summed E-state index contributed by atoms with van der Waals surface area (Å²) in [6.45, 7) is 6.16. The molecule has 0 unspecified atom stereocenters. The van der Waals surface area contributed by atoms with Crippen molar-refractivity contribution in [2.75, 3.05) is 0 Å². The normalized spacial score (nSPS) is 12.4. The van der Waals surface area contributed by atoms with Crippen molar-refractivity contribution in [2.24, 2.45) is 11.7 Å². The molecule has 0 fully saturated rings. The van der Waals surface area contributed by atoms with Crippen LogP contribution in [0.15, 0.2) is 12.1 Å². The van der Waals surface area contributed by atoms with Crippen molar-refractivity contribution in [2.45, 2.75) is 39.7 Å². The summed E-state index contributed by atoms with van der Waals surface area (Å²) < 4.78 is 0. The minimum atomic E-state index is -0.139. The van der Waals surface area contributed by atoms with Crippen LogP contribution in [0.3, 0.4) is 0 Å². The summed E-state index contributed by atoms with van der Waals surface area (Å²) in [7, 11) is 0. The molecule has 98 valence electrons. The summed E-state index contributed by atoms with van der Waals surface area (Å²) in [5, 5.41) is 10.5. The van der Waals surface area contributed by atoms with Crippen LogP contribution in [0.5, 0.6) is 5.75 Å². The van der Waals surface area contributed by atoms with Crippen molar-refractivity contribution in [1.29, 1.82) is 0 Å². The largest absolute Gasteiger partial charge is 0.507 e. The smallest absolute Gasteiger partial charge is 0.123 e. The van der Waals surface area contributed by atoms with Crippen LogP contribution in [0.1, 0.15) is 43.9 Å². The first-order valence-corrected chi connectivity index (χ1v) is 6.04. The monoisotopic (exact) mass is 277 g/mol. The van der Waals surface area contributed by atoms with E-state index in [1.54, 1.807) is 12.1 Å². The molecule has 0 radical (unpaired) electrons. The molecular weight excluding hydrogens is 257 g/mol. The number of benzene rings is 1. The predicted octanol–water partition coefficient (Wildman–Crippen LogP) is 4.21. The van der Waals surface area contributed by atoms with Crippen molar-refractivity contribution >= 4 is 24.0 Å². The van der Waals surface area contributed by atoms with Gasteiger partial charge in [-0.25, -0.2) is 0 Å². The predicted molar refractivity (Wildman–Crippen MR) is 76.1 cm³/mol. The molecule has 0 saturated heterocycles. The van der Waals surface area contributed by atoms with Gasteiger partial charge in [0.05, 0.1) is 0 Å². The Morgan fingerprint density at radius 1 is 1.29 bits per heavy atom. The molecule has 0 aliphatic heterocycles. The van der Waals surface area contributed by atoms with Gasteiger partial charge in [-0.15, -0.1) is 12.4 Å². The Morgan fingerprint density at radius 3 is 2.41 bits per heavy atom. The second-order valence-electron chi connectivity index (χ2n) is 4.74. The zero-order valence-electron chi connectivity index (χ0n) is 10.5. The number of hydrogen-bond donors (Lipinski definition) is 2. The number of phenols is 1. The van der Waals surface area contributed by atoms with E-state index in [1.165, 1.54) is 0 Å². The van der Waals surface area contributed by atoms with Crippen molar-refractivity contribution in [3.05, 3.63) is 28.3 Å². The molecule has 0 aliphatic carbocycles. The van der Waals surface area contributed by atoms with Crippen molar-refractivity contribution < 1.29 is 5.11 Å². The number of rotatable bonds is 4. The molecule has 4 heteroatoms. The van der Waals surface area contributed by atoms with Gasteiger partial charge in [0.2, 0.25) is 0 Å². The Kier molecular flexibility index (Phi) is 6.91. The average molecular weight is 278 g/mol. The minimum absolute atomic E-state index is 0. The quantitative estimate of drug-likeness (QED) is 0.866. The molecule has 1 aromatic rings. The Hall–Kier alpha value is -0.440. The number of aryl methyl sites for hydroxylation is 1. The highest BCUT2D eigenvalue weighted by molar-refractivity contribution is 6.30. The maximum Gasteiger partial charge on any atom is 0.123 e. The zero-order valence-corrected chi connectivity index (χ0v) is 12.1. The number of aromatic hydroxyl groups is 1. The number of hydrogen-bond acceptors (Lipinski definition) is 2. The lowest BCUT2D eigenvalue weighted by molar-refractivity contribution is 0.445. The van der Waals surface area contributed by atoms with E-state index in [9.17, 15) is 5.11 Å².